The Labute approximate surface area is 131 Å². The van der Waals surface area contributed by atoms with Crippen molar-refractivity contribution in [2.75, 3.05) is 0 Å². The third kappa shape index (κ3) is 2.96. The Morgan fingerprint density at radius 2 is 1.50 bits per heavy atom. The van der Waals surface area contributed by atoms with Crippen molar-refractivity contribution in [3.8, 4) is 11.5 Å². The first kappa shape index (κ1) is 15.3. The maximum absolute atomic E-state index is 13.0. The summed E-state index contributed by atoms with van der Waals surface area (Å²) >= 11 is 0. The van der Waals surface area contributed by atoms with Crippen LogP contribution in [0.25, 0.3) is 10.8 Å². The van der Waals surface area contributed by atoms with Crippen LogP contribution in [-0.4, -0.2) is 15.9 Å². The molecule has 0 saturated heterocycles. The zero-order valence-corrected chi connectivity index (χ0v) is 13.6. The van der Waals surface area contributed by atoms with Gasteiger partial charge in [0.05, 0.1) is 0 Å². The van der Waals surface area contributed by atoms with E-state index in [9.17, 15) is 14.8 Å². The topological polar surface area (TPSA) is 57.5 Å². The predicted octanol–water partition coefficient (Wildman–Crippen LogP) is 4.82. The lowest BCUT2D eigenvalue weighted by atomic mass is 10.0. The summed E-state index contributed by atoms with van der Waals surface area (Å²) in [5.74, 6) is 0.161. The minimum Gasteiger partial charge on any atom is -0.507 e. The summed E-state index contributed by atoms with van der Waals surface area (Å²) in [7, 11) is -1.69. The number of phenols is 2. The van der Waals surface area contributed by atoms with Gasteiger partial charge in [0.1, 0.15) is 5.75 Å². The molecule has 4 heteroatoms. The number of phenolic OH excluding ortho intramolecular Hbond substituents is 2. The Bertz CT molecular complexity index is 688. The minimum atomic E-state index is -1.69. The van der Waals surface area contributed by atoms with E-state index in [1.807, 2.05) is 12.1 Å². The maximum atomic E-state index is 13.0. The second-order valence-corrected chi connectivity index (χ2v) is 8.00. The van der Waals surface area contributed by atoms with Crippen molar-refractivity contribution < 1.29 is 14.8 Å². The van der Waals surface area contributed by atoms with Gasteiger partial charge in [0.2, 0.25) is 5.30 Å². The molecular formula is C18H22O3P+. The zero-order chi connectivity index (χ0) is 15.5. The molecule has 2 aromatic rings. The number of fused-ring (bicyclic) bond motifs is 1. The van der Waals surface area contributed by atoms with Crippen LogP contribution in [0.1, 0.15) is 44.9 Å². The molecule has 0 aliphatic heterocycles. The number of rotatable bonds is 2. The Balaban J connectivity index is 1.98. The lowest BCUT2D eigenvalue weighted by Gasteiger charge is -2.12. The van der Waals surface area contributed by atoms with Crippen molar-refractivity contribution in [1.82, 2.24) is 0 Å². The number of benzene rings is 2. The summed E-state index contributed by atoms with van der Waals surface area (Å²) < 4.78 is 13.0. The molecule has 1 aliphatic carbocycles. The molecule has 116 valence electrons. The molecule has 1 aliphatic rings. The fourth-order valence-electron chi connectivity index (χ4n) is 3.36. The smallest absolute Gasteiger partial charge is 0.384 e. The van der Waals surface area contributed by atoms with Gasteiger partial charge in [-0.2, -0.15) is 0 Å². The van der Waals surface area contributed by atoms with Crippen molar-refractivity contribution in [3.63, 3.8) is 0 Å². The van der Waals surface area contributed by atoms with Crippen molar-refractivity contribution in [1.29, 1.82) is 0 Å². The molecule has 2 aromatic carbocycles. The molecule has 3 nitrogen and oxygen atoms in total. The van der Waals surface area contributed by atoms with Gasteiger partial charge in [0.25, 0.3) is 0 Å². The van der Waals surface area contributed by atoms with E-state index in [0.717, 1.165) is 25.7 Å². The fraction of sp³-hybridized carbons (Fsp3) is 0.444. The number of aromatic hydroxyl groups is 2. The van der Waals surface area contributed by atoms with Crippen LogP contribution in [0.2, 0.25) is 0 Å². The Morgan fingerprint density at radius 1 is 0.909 bits per heavy atom. The van der Waals surface area contributed by atoms with Gasteiger partial charge in [-0.1, -0.05) is 48.1 Å². The quantitative estimate of drug-likeness (QED) is 0.617. The van der Waals surface area contributed by atoms with Crippen molar-refractivity contribution in [2.24, 2.45) is 0 Å². The lowest BCUT2D eigenvalue weighted by Crippen LogP contribution is -2.12. The predicted molar refractivity (Wildman–Crippen MR) is 90.6 cm³/mol. The largest absolute Gasteiger partial charge is 0.507 e. The molecule has 0 heterocycles. The Morgan fingerprint density at radius 3 is 2.18 bits per heavy atom. The van der Waals surface area contributed by atoms with E-state index in [-0.39, 0.29) is 17.2 Å². The number of hydrogen-bond acceptors (Lipinski definition) is 3. The zero-order valence-electron chi connectivity index (χ0n) is 12.7. The van der Waals surface area contributed by atoms with Crippen LogP contribution in [0.15, 0.2) is 30.3 Å². The lowest BCUT2D eigenvalue weighted by molar-refractivity contribution is 0.471. The highest BCUT2D eigenvalue weighted by Gasteiger charge is 2.36. The maximum Gasteiger partial charge on any atom is 0.384 e. The van der Waals surface area contributed by atoms with Crippen molar-refractivity contribution >= 4 is 23.9 Å². The monoisotopic (exact) mass is 317 g/mol. The van der Waals surface area contributed by atoms with Crippen molar-refractivity contribution in [3.05, 3.63) is 30.3 Å². The van der Waals surface area contributed by atoms with Gasteiger partial charge in [0.15, 0.2) is 11.4 Å². The van der Waals surface area contributed by atoms with Crippen LogP contribution in [-0.2, 0) is 4.57 Å². The SMILES string of the molecule is O=[P+](c1cc(O)c2ccccc2c1O)C1CCCCCCC1. The molecule has 1 fully saturated rings. The van der Waals surface area contributed by atoms with Crippen LogP contribution in [0.4, 0.5) is 0 Å². The summed E-state index contributed by atoms with van der Waals surface area (Å²) in [6, 6.07) is 8.64. The highest BCUT2D eigenvalue weighted by atomic mass is 31.1. The normalized spacial score (nSPS) is 17.9. The second-order valence-electron chi connectivity index (χ2n) is 6.13. The molecular weight excluding hydrogens is 295 g/mol. The molecule has 3 rings (SSSR count). The summed E-state index contributed by atoms with van der Waals surface area (Å²) in [6.07, 6.45) is 7.78. The van der Waals surface area contributed by atoms with Gasteiger partial charge < -0.3 is 10.2 Å². The Kier molecular flexibility index (Phi) is 4.63. The molecule has 0 radical (unpaired) electrons. The van der Waals surface area contributed by atoms with Gasteiger partial charge in [-0.05, 0) is 25.7 Å². The summed E-state index contributed by atoms with van der Waals surface area (Å²) in [4.78, 5) is 0. The van der Waals surface area contributed by atoms with Gasteiger partial charge in [-0.25, -0.2) is 0 Å². The molecule has 1 atom stereocenters. The highest BCUT2D eigenvalue weighted by molar-refractivity contribution is 7.54. The molecule has 0 bridgehead atoms. The van der Waals surface area contributed by atoms with E-state index in [2.05, 4.69) is 0 Å². The van der Waals surface area contributed by atoms with Gasteiger partial charge in [-0.15, -0.1) is 0 Å². The average Bonchev–Trinajstić information content (AvgIpc) is 2.50. The number of hydrogen-bond donors (Lipinski definition) is 2. The Hall–Kier alpha value is -1.60. The summed E-state index contributed by atoms with van der Waals surface area (Å²) in [5, 5.41) is 22.3. The van der Waals surface area contributed by atoms with Gasteiger partial charge >= 0.3 is 7.80 Å². The molecule has 0 aromatic heterocycles. The van der Waals surface area contributed by atoms with E-state index in [1.54, 1.807) is 12.1 Å². The first-order valence-corrected chi connectivity index (χ1v) is 9.41. The van der Waals surface area contributed by atoms with E-state index < -0.39 is 7.80 Å². The van der Waals surface area contributed by atoms with E-state index >= 15 is 0 Å². The second kappa shape index (κ2) is 6.66. The molecule has 0 spiro atoms. The summed E-state index contributed by atoms with van der Waals surface area (Å²) in [5.41, 5.74) is 0.113. The minimum absolute atomic E-state index is 0.0663. The molecule has 2 N–H and O–H groups in total. The van der Waals surface area contributed by atoms with Crippen LogP contribution in [0.5, 0.6) is 11.5 Å². The van der Waals surface area contributed by atoms with Crippen LogP contribution in [0, 0.1) is 0 Å². The molecule has 22 heavy (non-hydrogen) atoms. The molecule has 1 saturated carbocycles. The summed E-state index contributed by atoms with van der Waals surface area (Å²) in [6.45, 7) is 0. The first-order chi connectivity index (χ1) is 10.7. The van der Waals surface area contributed by atoms with Crippen LogP contribution >= 0.6 is 7.80 Å². The fourth-order valence-corrected chi connectivity index (χ4v) is 5.17. The molecule has 0 amide bonds. The highest BCUT2D eigenvalue weighted by Crippen LogP contribution is 2.42. The van der Waals surface area contributed by atoms with Crippen LogP contribution in [0.3, 0.4) is 0 Å². The third-order valence-corrected chi connectivity index (χ3v) is 6.61. The van der Waals surface area contributed by atoms with E-state index in [0.29, 0.717) is 16.1 Å². The standard InChI is InChI=1S/C18H21O3P/c19-16-12-17(18(20)15-11-7-6-10-14(15)16)22(21)13-8-4-2-1-3-5-9-13/h6-7,10-13H,1-5,8-9H2,(H-,19,20,21)/p+1. The van der Waals surface area contributed by atoms with Gasteiger partial charge in [0, 0.05) is 16.8 Å². The molecule has 1 unspecified atom stereocenters. The van der Waals surface area contributed by atoms with Crippen LogP contribution < -0.4 is 5.30 Å². The first-order valence-electron chi connectivity index (χ1n) is 8.08. The van der Waals surface area contributed by atoms with Crippen molar-refractivity contribution in [2.45, 2.75) is 50.6 Å². The van der Waals surface area contributed by atoms with Gasteiger partial charge in [-0.3, -0.25) is 0 Å². The third-order valence-electron chi connectivity index (χ3n) is 4.62. The average molecular weight is 317 g/mol. The van der Waals surface area contributed by atoms with E-state index in [1.165, 1.54) is 25.3 Å². The van der Waals surface area contributed by atoms with E-state index in [4.69, 9.17) is 0 Å².